The van der Waals surface area contributed by atoms with E-state index in [1.54, 1.807) is 12.3 Å². The van der Waals surface area contributed by atoms with Crippen molar-refractivity contribution in [1.82, 2.24) is 15.3 Å². The molecule has 1 heterocycles. The average Bonchev–Trinajstić information content (AvgIpc) is 3.63. The Morgan fingerprint density at radius 3 is 2.73 bits per heavy atom. The number of amides is 1. The number of fused-ring (bicyclic) bond motifs is 1. The van der Waals surface area contributed by atoms with Crippen LogP contribution < -0.4 is 20.7 Å². The minimum atomic E-state index is -0.0264. The standard InChI is InChI=1S/C26H25N5O2/c1-2-27-19-6-4-7-20(16-19)30-26-28-14-13-24(31-26)33-21-11-12-22-17(15-21)5-3-8-23(22)25(32)29-18-9-10-18/h3-8,11-16,18,27H,2,9-10H2,1H3,(H,29,32)(H,28,30,31). The molecule has 166 valence electrons. The number of nitrogens with one attached hydrogen (secondary N) is 3. The Kier molecular flexibility index (Phi) is 5.76. The highest BCUT2D eigenvalue weighted by Crippen LogP contribution is 2.28. The molecule has 0 bridgehead atoms. The minimum absolute atomic E-state index is 0.0264. The van der Waals surface area contributed by atoms with Crippen molar-refractivity contribution in [2.75, 3.05) is 17.2 Å². The summed E-state index contributed by atoms with van der Waals surface area (Å²) in [5.41, 5.74) is 2.59. The summed E-state index contributed by atoms with van der Waals surface area (Å²) in [6.07, 6.45) is 3.77. The van der Waals surface area contributed by atoms with E-state index in [1.807, 2.05) is 60.7 Å². The molecule has 0 spiro atoms. The summed E-state index contributed by atoms with van der Waals surface area (Å²) in [7, 11) is 0. The molecule has 0 atom stereocenters. The molecule has 3 aromatic carbocycles. The van der Waals surface area contributed by atoms with E-state index < -0.39 is 0 Å². The van der Waals surface area contributed by atoms with Crippen LogP contribution in [0.4, 0.5) is 17.3 Å². The van der Waals surface area contributed by atoms with Gasteiger partial charge in [0.25, 0.3) is 5.91 Å². The van der Waals surface area contributed by atoms with Gasteiger partial charge in [-0.05, 0) is 73.0 Å². The summed E-state index contributed by atoms with van der Waals surface area (Å²) >= 11 is 0. The zero-order valence-corrected chi connectivity index (χ0v) is 18.3. The lowest BCUT2D eigenvalue weighted by atomic mass is 10.0. The van der Waals surface area contributed by atoms with Gasteiger partial charge in [-0.1, -0.05) is 18.2 Å². The third-order valence-electron chi connectivity index (χ3n) is 5.36. The number of carbonyl (C=O) groups excluding carboxylic acids is 1. The first-order valence-corrected chi connectivity index (χ1v) is 11.1. The molecular weight excluding hydrogens is 414 g/mol. The zero-order chi connectivity index (χ0) is 22.6. The van der Waals surface area contributed by atoms with Crippen LogP contribution in [-0.2, 0) is 0 Å². The van der Waals surface area contributed by atoms with E-state index in [0.717, 1.165) is 41.5 Å². The summed E-state index contributed by atoms with van der Waals surface area (Å²) in [4.78, 5) is 21.3. The molecule has 7 nitrogen and oxygen atoms in total. The maximum Gasteiger partial charge on any atom is 0.252 e. The predicted octanol–water partition coefficient (Wildman–Crippen LogP) is 5.49. The van der Waals surface area contributed by atoms with Crippen LogP contribution in [0.2, 0.25) is 0 Å². The van der Waals surface area contributed by atoms with Crippen LogP contribution in [0.25, 0.3) is 10.8 Å². The molecule has 3 N–H and O–H groups in total. The molecule has 1 fully saturated rings. The highest BCUT2D eigenvalue weighted by Gasteiger charge is 2.24. The topological polar surface area (TPSA) is 88.2 Å². The van der Waals surface area contributed by atoms with E-state index in [0.29, 0.717) is 29.2 Å². The Morgan fingerprint density at radius 1 is 1.03 bits per heavy atom. The van der Waals surface area contributed by atoms with Gasteiger partial charge < -0.3 is 20.7 Å². The van der Waals surface area contributed by atoms with Gasteiger partial charge in [-0.3, -0.25) is 4.79 Å². The summed E-state index contributed by atoms with van der Waals surface area (Å²) in [5.74, 6) is 1.49. The van der Waals surface area contributed by atoms with Crippen LogP contribution >= 0.6 is 0 Å². The lowest BCUT2D eigenvalue weighted by molar-refractivity contribution is 0.0952. The number of hydrogen-bond acceptors (Lipinski definition) is 6. The minimum Gasteiger partial charge on any atom is -0.439 e. The second-order valence-corrected chi connectivity index (χ2v) is 7.99. The van der Waals surface area contributed by atoms with Gasteiger partial charge in [0.05, 0.1) is 0 Å². The fourth-order valence-corrected chi connectivity index (χ4v) is 3.63. The van der Waals surface area contributed by atoms with Crippen molar-refractivity contribution in [2.24, 2.45) is 0 Å². The molecule has 1 aliphatic rings. The van der Waals surface area contributed by atoms with Crippen molar-refractivity contribution in [2.45, 2.75) is 25.8 Å². The monoisotopic (exact) mass is 439 g/mol. The molecule has 1 aliphatic carbocycles. The highest BCUT2D eigenvalue weighted by atomic mass is 16.5. The van der Waals surface area contributed by atoms with Crippen molar-refractivity contribution >= 4 is 34.0 Å². The molecular formula is C26H25N5O2. The van der Waals surface area contributed by atoms with Crippen LogP contribution in [-0.4, -0.2) is 28.5 Å². The summed E-state index contributed by atoms with van der Waals surface area (Å²) in [6, 6.07) is 21.4. The molecule has 1 saturated carbocycles. The van der Waals surface area contributed by atoms with Crippen LogP contribution in [0, 0.1) is 0 Å². The third kappa shape index (κ3) is 5.03. The van der Waals surface area contributed by atoms with Crippen LogP contribution in [0.5, 0.6) is 11.6 Å². The Hall–Kier alpha value is -4.13. The molecule has 4 aromatic rings. The van der Waals surface area contributed by atoms with Gasteiger partial charge in [0.15, 0.2) is 0 Å². The maximum atomic E-state index is 12.6. The molecule has 0 radical (unpaired) electrons. The van der Waals surface area contributed by atoms with Gasteiger partial charge in [0.2, 0.25) is 11.8 Å². The van der Waals surface area contributed by atoms with Gasteiger partial charge in [-0.25, -0.2) is 4.98 Å². The first-order chi connectivity index (χ1) is 16.2. The zero-order valence-electron chi connectivity index (χ0n) is 18.3. The van der Waals surface area contributed by atoms with Gasteiger partial charge in [0, 0.05) is 41.8 Å². The van der Waals surface area contributed by atoms with Crippen LogP contribution in [0.3, 0.4) is 0 Å². The van der Waals surface area contributed by atoms with E-state index in [9.17, 15) is 4.79 Å². The molecule has 33 heavy (non-hydrogen) atoms. The highest BCUT2D eigenvalue weighted by molar-refractivity contribution is 6.07. The van der Waals surface area contributed by atoms with E-state index >= 15 is 0 Å². The lowest BCUT2D eigenvalue weighted by Crippen LogP contribution is -2.25. The fourth-order valence-electron chi connectivity index (χ4n) is 3.63. The maximum absolute atomic E-state index is 12.6. The number of carbonyl (C=O) groups is 1. The number of rotatable bonds is 8. The van der Waals surface area contributed by atoms with Crippen molar-refractivity contribution in [1.29, 1.82) is 0 Å². The number of anilines is 3. The molecule has 1 aromatic heterocycles. The Balaban J connectivity index is 1.33. The van der Waals surface area contributed by atoms with Crippen molar-refractivity contribution in [3.05, 3.63) is 78.5 Å². The fraction of sp³-hybridized carbons (Fsp3) is 0.192. The lowest BCUT2D eigenvalue weighted by Gasteiger charge is -2.11. The van der Waals surface area contributed by atoms with Gasteiger partial charge >= 0.3 is 0 Å². The van der Waals surface area contributed by atoms with E-state index in [1.165, 1.54) is 0 Å². The molecule has 1 amide bonds. The Bertz CT molecular complexity index is 1300. The molecule has 0 unspecified atom stereocenters. The van der Waals surface area contributed by atoms with E-state index in [-0.39, 0.29) is 5.91 Å². The number of hydrogen-bond donors (Lipinski definition) is 3. The predicted molar refractivity (Wildman–Crippen MR) is 130 cm³/mol. The van der Waals surface area contributed by atoms with Gasteiger partial charge in [0.1, 0.15) is 5.75 Å². The van der Waals surface area contributed by atoms with Crippen molar-refractivity contribution in [3.63, 3.8) is 0 Å². The Labute approximate surface area is 192 Å². The number of aromatic nitrogens is 2. The third-order valence-corrected chi connectivity index (χ3v) is 5.36. The number of nitrogens with zero attached hydrogens (tertiary/aromatic N) is 2. The second kappa shape index (κ2) is 9.16. The quantitative estimate of drug-likeness (QED) is 0.336. The average molecular weight is 440 g/mol. The summed E-state index contributed by atoms with van der Waals surface area (Å²) in [5, 5.41) is 11.4. The van der Waals surface area contributed by atoms with Gasteiger partial charge in [-0.15, -0.1) is 0 Å². The SMILES string of the molecule is CCNc1cccc(Nc2nccc(Oc3ccc4c(C(=O)NC5CC5)cccc4c3)n2)c1. The molecule has 5 rings (SSSR count). The van der Waals surface area contributed by atoms with Gasteiger partial charge in [-0.2, -0.15) is 4.98 Å². The molecule has 0 aliphatic heterocycles. The smallest absolute Gasteiger partial charge is 0.252 e. The molecule has 7 heteroatoms. The summed E-state index contributed by atoms with van der Waals surface area (Å²) < 4.78 is 6.00. The number of benzene rings is 3. The van der Waals surface area contributed by atoms with Crippen molar-refractivity contribution in [3.8, 4) is 11.6 Å². The second-order valence-electron chi connectivity index (χ2n) is 7.99. The first kappa shape index (κ1) is 20.8. The Morgan fingerprint density at radius 2 is 1.88 bits per heavy atom. The van der Waals surface area contributed by atoms with E-state index in [4.69, 9.17) is 4.74 Å². The molecule has 0 saturated heterocycles. The summed E-state index contributed by atoms with van der Waals surface area (Å²) in [6.45, 7) is 2.91. The number of ether oxygens (including phenoxy) is 1. The largest absolute Gasteiger partial charge is 0.439 e. The van der Waals surface area contributed by atoms with Crippen LogP contribution in [0.15, 0.2) is 72.9 Å². The normalized spacial score (nSPS) is 12.9. The van der Waals surface area contributed by atoms with E-state index in [2.05, 4.69) is 32.8 Å². The van der Waals surface area contributed by atoms with Crippen LogP contribution in [0.1, 0.15) is 30.1 Å². The van der Waals surface area contributed by atoms with Crippen molar-refractivity contribution < 1.29 is 9.53 Å². The first-order valence-electron chi connectivity index (χ1n) is 11.1.